The molecular weight excluding hydrogens is 244 g/mol. The minimum atomic E-state index is -3.12. The lowest BCUT2D eigenvalue weighted by Gasteiger charge is -2.25. The first kappa shape index (κ1) is 11.8. The zero-order valence-corrected chi connectivity index (χ0v) is 10.6. The summed E-state index contributed by atoms with van der Waals surface area (Å²) in [6.45, 7) is 0.584. The fourth-order valence-corrected chi connectivity index (χ4v) is 3.37. The Labute approximate surface area is 99.5 Å². The van der Waals surface area contributed by atoms with E-state index in [1.54, 1.807) is 30.0 Å². The molecule has 0 saturated heterocycles. The van der Waals surface area contributed by atoms with Gasteiger partial charge in [-0.05, 0) is 18.2 Å². The maximum atomic E-state index is 11.4. The molecule has 1 aromatic rings. The highest BCUT2D eigenvalue weighted by molar-refractivity contribution is 7.99. The third-order valence-corrected chi connectivity index (χ3v) is 4.79. The highest BCUT2D eigenvalue weighted by Gasteiger charge is 2.18. The van der Waals surface area contributed by atoms with E-state index in [1.165, 1.54) is 6.26 Å². The summed E-state index contributed by atoms with van der Waals surface area (Å²) < 4.78 is 22.8. The number of hydrogen-bond donors (Lipinski definition) is 2. The van der Waals surface area contributed by atoms with Crippen LogP contribution in [0.5, 0.6) is 0 Å². The highest BCUT2D eigenvalue weighted by Crippen LogP contribution is 2.34. The summed E-state index contributed by atoms with van der Waals surface area (Å²) in [6.07, 6.45) is 1.22. The molecule has 1 aliphatic heterocycles. The molecule has 0 aromatic heterocycles. The molecule has 1 unspecified atom stereocenters. The molecule has 0 aliphatic carbocycles. The smallest absolute Gasteiger partial charge is 0.175 e. The first-order chi connectivity index (χ1) is 7.50. The molecule has 16 heavy (non-hydrogen) atoms. The molecule has 0 radical (unpaired) electrons. The first-order valence-electron chi connectivity index (χ1n) is 4.94. The van der Waals surface area contributed by atoms with Gasteiger partial charge in [0.2, 0.25) is 0 Å². The monoisotopic (exact) mass is 258 g/mol. The fourth-order valence-electron chi connectivity index (χ4n) is 1.55. The Morgan fingerprint density at radius 2 is 2.31 bits per heavy atom. The summed E-state index contributed by atoms with van der Waals surface area (Å²) in [6, 6.07) is 5.41. The second-order valence-corrected chi connectivity index (χ2v) is 6.90. The number of sulfone groups is 1. The third kappa shape index (κ3) is 2.34. The van der Waals surface area contributed by atoms with Crippen molar-refractivity contribution in [3.8, 4) is 0 Å². The highest BCUT2D eigenvalue weighted by atomic mass is 32.2. The van der Waals surface area contributed by atoms with Crippen LogP contribution >= 0.6 is 11.8 Å². The van der Waals surface area contributed by atoms with E-state index in [1.807, 2.05) is 0 Å². The SMILES string of the molecule is CS(=O)(=O)c1ccc2c(c1)SCC(CN)N2. The summed E-state index contributed by atoms with van der Waals surface area (Å²) in [5, 5.41) is 3.28. The second-order valence-electron chi connectivity index (χ2n) is 3.82. The number of hydrogen-bond acceptors (Lipinski definition) is 5. The average molecular weight is 258 g/mol. The minimum absolute atomic E-state index is 0.265. The molecule has 88 valence electrons. The summed E-state index contributed by atoms with van der Waals surface area (Å²) >= 11 is 1.64. The van der Waals surface area contributed by atoms with Crippen LogP contribution in [0.15, 0.2) is 28.0 Å². The molecule has 0 spiro atoms. The van der Waals surface area contributed by atoms with Gasteiger partial charge in [0.05, 0.1) is 4.90 Å². The van der Waals surface area contributed by atoms with E-state index >= 15 is 0 Å². The van der Waals surface area contributed by atoms with Gasteiger partial charge >= 0.3 is 0 Å². The lowest BCUT2D eigenvalue weighted by Crippen LogP contribution is -2.33. The number of anilines is 1. The predicted molar refractivity (Wildman–Crippen MR) is 66.7 cm³/mol. The van der Waals surface area contributed by atoms with Crippen molar-refractivity contribution in [1.29, 1.82) is 0 Å². The predicted octanol–water partition coefficient (Wildman–Crippen LogP) is 0.935. The van der Waals surface area contributed by atoms with Crippen molar-refractivity contribution in [3.63, 3.8) is 0 Å². The van der Waals surface area contributed by atoms with Crippen LogP contribution in [0.1, 0.15) is 0 Å². The van der Waals surface area contributed by atoms with Crippen molar-refractivity contribution in [2.24, 2.45) is 5.73 Å². The molecule has 1 aliphatic rings. The molecule has 6 heteroatoms. The van der Waals surface area contributed by atoms with Crippen LogP contribution in [-0.4, -0.2) is 33.0 Å². The van der Waals surface area contributed by atoms with Crippen LogP contribution < -0.4 is 11.1 Å². The van der Waals surface area contributed by atoms with Gasteiger partial charge in [-0.3, -0.25) is 0 Å². The Hall–Kier alpha value is -0.720. The molecule has 0 amide bonds. The molecule has 0 fully saturated rings. The van der Waals surface area contributed by atoms with Crippen LogP contribution in [0, 0.1) is 0 Å². The van der Waals surface area contributed by atoms with Gasteiger partial charge in [0.15, 0.2) is 9.84 Å². The number of benzene rings is 1. The maximum absolute atomic E-state index is 11.4. The second kappa shape index (κ2) is 4.27. The average Bonchev–Trinajstić information content (AvgIpc) is 2.26. The van der Waals surface area contributed by atoms with E-state index in [-0.39, 0.29) is 6.04 Å². The quantitative estimate of drug-likeness (QED) is 0.826. The van der Waals surface area contributed by atoms with E-state index in [2.05, 4.69) is 5.32 Å². The Kier molecular flexibility index (Phi) is 3.14. The molecule has 0 saturated carbocycles. The van der Waals surface area contributed by atoms with Crippen molar-refractivity contribution >= 4 is 27.3 Å². The zero-order chi connectivity index (χ0) is 11.8. The summed E-state index contributed by atoms with van der Waals surface area (Å²) in [5.74, 6) is 0.872. The fraction of sp³-hybridized carbons (Fsp3) is 0.400. The van der Waals surface area contributed by atoms with E-state index in [0.717, 1.165) is 16.3 Å². The summed E-state index contributed by atoms with van der Waals surface area (Å²) in [7, 11) is -3.12. The number of nitrogens with one attached hydrogen (secondary N) is 1. The van der Waals surface area contributed by atoms with Gasteiger partial charge in [-0.25, -0.2) is 8.42 Å². The van der Waals surface area contributed by atoms with E-state index in [9.17, 15) is 8.42 Å². The molecule has 4 nitrogen and oxygen atoms in total. The normalized spacial score (nSPS) is 20.0. The van der Waals surface area contributed by atoms with E-state index in [0.29, 0.717) is 11.4 Å². The van der Waals surface area contributed by atoms with Crippen LogP contribution in [0.3, 0.4) is 0 Å². The molecule has 3 N–H and O–H groups in total. The standard InChI is InChI=1S/C10H14N2O2S2/c1-16(13,14)8-2-3-9-10(4-8)15-6-7(5-11)12-9/h2-4,7,12H,5-6,11H2,1H3. The lowest BCUT2D eigenvalue weighted by atomic mass is 10.2. The van der Waals surface area contributed by atoms with Gasteiger partial charge in [-0.2, -0.15) is 0 Å². The van der Waals surface area contributed by atoms with Crippen LogP contribution in [-0.2, 0) is 9.84 Å². The molecule has 0 bridgehead atoms. The van der Waals surface area contributed by atoms with Crippen molar-refractivity contribution in [2.75, 3.05) is 23.9 Å². The van der Waals surface area contributed by atoms with E-state index < -0.39 is 9.84 Å². The van der Waals surface area contributed by atoms with Gasteiger partial charge in [0.1, 0.15) is 0 Å². The molecular formula is C10H14N2O2S2. The largest absolute Gasteiger partial charge is 0.379 e. The molecule has 1 heterocycles. The maximum Gasteiger partial charge on any atom is 0.175 e. The van der Waals surface area contributed by atoms with Crippen LogP contribution in [0.2, 0.25) is 0 Å². The van der Waals surface area contributed by atoms with Gasteiger partial charge in [0.25, 0.3) is 0 Å². The number of nitrogens with two attached hydrogens (primary N) is 1. The Morgan fingerprint density at radius 1 is 1.56 bits per heavy atom. The van der Waals surface area contributed by atoms with Crippen molar-refractivity contribution in [2.45, 2.75) is 15.8 Å². The molecule has 1 atom stereocenters. The Balaban J connectivity index is 2.35. The van der Waals surface area contributed by atoms with Gasteiger partial charge in [-0.1, -0.05) is 0 Å². The van der Waals surface area contributed by atoms with Crippen molar-refractivity contribution in [3.05, 3.63) is 18.2 Å². The third-order valence-electron chi connectivity index (χ3n) is 2.47. The topological polar surface area (TPSA) is 72.2 Å². The van der Waals surface area contributed by atoms with Gasteiger partial charge in [-0.15, -0.1) is 11.8 Å². The Morgan fingerprint density at radius 3 is 2.94 bits per heavy atom. The van der Waals surface area contributed by atoms with E-state index in [4.69, 9.17) is 5.73 Å². The minimum Gasteiger partial charge on any atom is -0.379 e. The van der Waals surface area contributed by atoms with Crippen molar-refractivity contribution in [1.82, 2.24) is 0 Å². The molecule has 2 rings (SSSR count). The van der Waals surface area contributed by atoms with Crippen LogP contribution in [0.4, 0.5) is 5.69 Å². The first-order valence-corrected chi connectivity index (χ1v) is 7.82. The van der Waals surface area contributed by atoms with Gasteiger partial charge in [0, 0.05) is 35.2 Å². The number of fused-ring (bicyclic) bond motifs is 1. The number of thioether (sulfide) groups is 1. The lowest BCUT2D eigenvalue weighted by molar-refractivity contribution is 0.601. The number of rotatable bonds is 2. The van der Waals surface area contributed by atoms with Gasteiger partial charge < -0.3 is 11.1 Å². The zero-order valence-electron chi connectivity index (χ0n) is 8.93. The summed E-state index contributed by atoms with van der Waals surface area (Å²) in [5.41, 5.74) is 6.56. The van der Waals surface area contributed by atoms with Crippen LogP contribution in [0.25, 0.3) is 0 Å². The Bertz CT molecular complexity index is 500. The van der Waals surface area contributed by atoms with Crippen molar-refractivity contribution < 1.29 is 8.42 Å². The summed E-state index contributed by atoms with van der Waals surface area (Å²) in [4.78, 5) is 1.35. The molecule has 1 aromatic carbocycles.